The first-order valence-electron chi connectivity index (χ1n) is 12.9. The summed E-state index contributed by atoms with van der Waals surface area (Å²) in [6.07, 6.45) is 6.48. The quantitative estimate of drug-likeness (QED) is 0.283. The molecule has 0 bridgehead atoms. The van der Waals surface area contributed by atoms with E-state index in [4.69, 9.17) is 28.4 Å². The van der Waals surface area contributed by atoms with Gasteiger partial charge >= 0.3 is 0 Å². The van der Waals surface area contributed by atoms with Gasteiger partial charge < -0.3 is 28.4 Å². The predicted octanol–water partition coefficient (Wildman–Crippen LogP) is 4.49. The first-order valence-corrected chi connectivity index (χ1v) is 12.9. The van der Waals surface area contributed by atoms with E-state index in [1.54, 1.807) is 0 Å². The first kappa shape index (κ1) is 26.4. The average Bonchev–Trinajstić information content (AvgIpc) is 2.73. The van der Waals surface area contributed by atoms with E-state index in [2.05, 4.69) is 27.7 Å². The zero-order chi connectivity index (χ0) is 23.0. The van der Waals surface area contributed by atoms with Crippen molar-refractivity contribution in [2.75, 3.05) is 79.3 Å². The number of ether oxygens (including phenoxy) is 6. The van der Waals surface area contributed by atoms with Crippen LogP contribution in [0.2, 0.25) is 0 Å². The van der Waals surface area contributed by atoms with Gasteiger partial charge in [0.15, 0.2) is 0 Å². The lowest BCUT2D eigenvalue weighted by Crippen LogP contribution is -2.47. The minimum Gasteiger partial charge on any atom is -0.381 e. The van der Waals surface area contributed by atoms with Gasteiger partial charge in [-0.2, -0.15) is 0 Å². The molecule has 3 aliphatic heterocycles. The molecule has 3 saturated heterocycles. The lowest BCUT2D eigenvalue weighted by Gasteiger charge is -2.43. The van der Waals surface area contributed by atoms with E-state index in [9.17, 15) is 0 Å². The predicted molar refractivity (Wildman–Crippen MR) is 125 cm³/mol. The molecular weight excluding hydrogens is 408 g/mol. The van der Waals surface area contributed by atoms with Crippen molar-refractivity contribution in [3.05, 3.63) is 0 Å². The van der Waals surface area contributed by atoms with E-state index in [0.29, 0.717) is 0 Å². The molecule has 0 aromatic heterocycles. The fourth-order valence-corrected chi connectivity index (χ4v) is 4.71. The van der Waals surface area contributed by atoms with Gasteiger partial charge in [-0.1, -0.05) is 27.7 Å². The Morgan fingerprint density at radius 2 is 1.03 bits per heavy atom. The lowest BCUT2D eigenvalue weighted by atomic mass is 9.81. The van der Waals surface area contributed by atoms with Crippen molar-refractivity contribution in [3.8, 4) is 0 Å². The minimum absolute atomic E-state index is 0.0322. The fraction of sp³-hybridized carbons (Fsp3) is 1.00. The Balaban J connectivity index is 1.47. The molecule has 0 saturated carbocycles. The van der Waals surface area contributed by atoms with Crippen LogP contribution in [0.4, 0.5) is 0 Å². The van der Waals surface area contributed by atoms with Gasteiger partial charge in [-0.3, -0.25) is 0 Å². The fourth-order valence-electron chi connectivity index (χ4n) is 4.71. The normalized spacial score (nSPS) is 23.2. The molecule has 3 aliphatic rings. The standard InChI is InChI=1S/C26H48O6/c1-5-23(12-28-17-25(7-3)19-31-20-25,13-29-18-26(8-4)21-32-22-26)10-9-11-27-14-24(6-2)15-30-16-24/h5-22H2,1-4H3. The summed E-state index contributed by atoms with van der Waals surface area (Å²) in [5.74, 6) is 0. The van der Waals surface area contributed by atoms with Gasteiger partial charge in [0.25, 0.3) is 0 Å². The Bertz CT molecular complexity index is 494. The van der Waals surface area contributed by atoms with Crippen LogP contribution < -0.4 is 0 Å². The van der Waals surface area contributed by atoms with Crippen molar-refractivity contribution in [2.45, 2.75) is 66.2 Å². The van der Waals surface area contributed by atoms with Crippen molar-refractivity contribution in [1.82, 2.24) is 0 Å². The number of rotatable bonds is 18. The molecule has 6 heteroatoms. The third-order valence-corrected chi connectivity index (χ3v) is 8.49. The Morgan fingerprint density at radius 1 is 0.625 bits per heavy atom. The highest BCUT2D eigenvalue weighted by Gasteiger charge is 2.40. The number of hydrogen-bond donors (Lipinski definition) is 0. The Labute approximate surface area is 196 Å². The molecule has 0 aliphatic carbocycles. The van der Waals surface area contributed by atoms with E-state index >= 15 is 0 Å². The molecule has 0 atom stereocenters. The molecule has 0 N–H and O–H groups in total. The highest BCUT2D eigenvalue weighted by molar-refractivity contribution is 4.87. The third kappa shape index (κ3) is 6.45. The van der Waals surface area contributed by atoms with Gasteiger partial charge in [-0.05, 0) is 38.5 Å². The van der Waals surface area contributed by atoms with Crippen LogP contribution in [0.25, 0.3) is 0 Å². The van der Waals surface area contributed by atoms with Crippen LogP contribution in [0, 0.1) is 21.7 Å². The molecule has 0 spiro atoms. The summed E-state index contributed by atoms with van der Waals surface area (Å²) in [7, 11) is 0. The molecule has 0 amide bonds. The highest BCUT2D eigenvalue weighted by atomic mass is 16.5. The summed E-state index contributed by atoms with van der Waals surface area (Å²) in [5, 5.41) is 0. The van der Waals surface area contributed by atoms with Crippen LogP contribution in [0.15, 0.2) is 0 Å². The van der Waals surface area contributed by atoms with Crippen LogP contribution >= 0.6 is 0 Å². The summed E-state index contributed by atoms with van der Waals surface area (Å²) >= 11 is 0. The van der Waals surface area contributed by atoms with Crippen LogP contribution in [-0.4, -0.2) is 79.3 Å². The molecule has 0 unspecified atom stereocenters. The Hall–Kier alpha value is -0.240. The van der Waals surface area contributed by atoms with Crippen LogP contribution in [0.3, 0.4) is 0 Å². The third-order valence-electron chi connectivity index (χ3n) is 8.49. The van der Waals surface area contributed by atoms with E-state index in [1.807, 2.05) is 0 Å². The number of hydrogen-bond acceptors (Lipinski definition) is 6. The largest absolute Gasteiger partial charge is 0.381 e. The van der Waals surface area contributed by atoms with Crippen LogP contribution in [0.5, 0.6) is 0 Å². The van der Waals surface area contributed by atoms with E-state index in [-0.39, 0.29) is 21.7 Å². The molecule has 0 aromatic carbocycles. The summed E-state index contributed by atoms with van der Waals surface area (Å²) in [5.41, 5.74) is 0.730. The zero-order valence-corrected chi connectivity index (χ0v) is 21.2. The Kier molecular flexibility index (Phi) is 9.84. The van der Waals surface area contributed by atoms with Crippen molar-refractivity contribution < 1.29 is 28.4 Å². The van der Waals surface area contributed by atoms with E-state index in [0.717, 1.165) is 118 Å². The topological polar surface area (TPSA) is 55.4 Å². The minimum atomic E-state index is 0.0322. The smallest absolute Gasteiger partial charge is 0.0566 e. The van der Waals surface area contributed by atoms with E-state index in [1.165, 1.54) is 0 Å². The van der Waals surface area contributed by atoms with Crippen molar-refractivity contribution in [3.63, 3.8) is 0 Å². The lowest BCUT2D eigenvalue weighted by molar-refractivity contribution is -0.173. The summed E-state index contributed by atoms with van der Waals surface area (Å²) < 4.78 is 35.1. The molecule has 3 heterocycles. The molecule has 188 valence electrons. The molecule has 6 nitrogen and oxygen atoms in total. The molecule has 0 aromatic rings. The highest BCUT2D eigenvalue weighted by Crippen LogP contribution is 2.36. The molecule has 0 radical (unpaired) electrons. The van der Waals surface area contributed by atoms with Crippen LogP contribution in [-0.2, 0) is 28.4 Å². The summed E-state index contributed by atoms with van der Waals surface area (Å²) in [6.45, 7) is 18.6. The second-order valence-corrected chi connectivity index (χ2v) is 11.0. The Morgan fingerprint density at radius 3 is 1.34 bits per heavy atom. The molecular formula is C26H48O6. The van der Waals surface area contributed by atoms with Gasteiger partial charge in [-0.25, -0.2) is 0 Å². The molecule has 3 rings (SSSR count). The maximum Gasteiger partial charge on any atom is 0.0566 e. The first-order chi connectivity index (χ1) is 15.5. The molecule has 32 heavy (non-hydrogen) atoms. The van der Waals surface area contributed by atoms with Crippen molar-refractivity contribution in [2.24, 2.45) is 21.7 Å². The average molecular weight is 457 g/mol. The molecule has 3 fully saturated rings. The second-order valence-electron chi connectivity index (χ2n) is 11.0. The SMILES string of the molecule is CCC(CCCOCC1(CC)COC1)(COCC1(CC)COC1)COCC1(CC)COC1. The maximum absolute atomic E-state index is 6.35. The van der Waals surface area contributed by atoms with Gasteiger partial charge in [-0.15, -0.1) is 0 Å². The van der Waals surface area contributed by atoms with Gasteiger partial charge in [0.2, 0.25) is 0 Å². The summed E-state index contributed by atoms with van der Waals surface area (Å²) in [4.78, 5) is 0. The van der Waals surface area contributed by atoms with Crippen molar-refractivity contribution >= 4 is 0 Å². The van der Waals surface area contributed by atoms with E-state index < -0.39 is 0 Å². The van der Waals surface area contributed by atoms with Crippen molar-refractivity contribution in [1.29, 1.82) is 0 Å². The van der Waals surface area contributed by atoms with Gasteiger partial charge in [0, 0.05) is 28.3 Å². The van der Waals surface area contributed by atoms with Gasteiger partial charge in [0.05, 0.1) is 72.7 Å². The van der Waals surface area contributed by atoms with Crippen LogP contribution in [0.1, 0.15) is 66.2 Å². The maximum atomic E-state index is 6.35. The monoisotopic (exact) mass is 456 g/mol. The second kappa shape index (κ2) is 11.9. The van der Waals surface area contributed by atoms with Gasteiger partial charge in [0.1, 0.15) is 0 Å². The summed E-state index contributed by atoms with van der Waals surface area (Å²) in [6, 6.07) is 0. The zero-order valence-electron chi connectivity index (χ0n) is 21.2.